The molecule has 1 aromatic rings. The Hall–Kier alpha value is -1.36. The Morgan fingerprint density at radius 1 is 1.71 bits per heavy atom. The lowest BCUT2D eigenvalue weighted by atomic mass is 9.97. The first kappa shape index (κ1) is 10.7. The SMILES string of the molecule is CNC(C)(CCn1cccn1)C(N)=O. The van der Waals surface area contributed by atoms with Crippen LogP contribution in [0.5, 0.6) is 0 Å². The molecule has 0 fully saturated rings. The Bertz CT molecular complexity index is 296. The van der Waals surface area contributed by atoms with Crippen LogP contribution in [-0.2, 0) is 11.3 Å². The first-order valence-corrected chi connectivity index (χ1v) is 4.55. The molecule has 1 aromatic heterocycles. The van der Waals surface area contributed by atoms with E-state index in [-0.39, 0.29) is 5.91 Å². The summed E-state index contributed by atoms with van der Waals surface area (Å²) in [5, 5.41) is 6.97. The van der Waals surface area contributed by atoms with Gasteiger partial charge in [0.05, 0.1) is 5.54 Å². The van der Waals surface area contributed by atoms with Crippen molar-refractivity contribution in [1.82, 2.24) is 15.1 Å². The molecule has 5 heteroatoms. The molecular weight excluding hydrogens is 180 g/mol. The van der Waals surface area contributed by atoms with Crippen molar-refractivity contribution < 1.29 is 4.79 Å². The van der Waals surface area contributed by atoms with Gasteiger partial charge in [-0.25, -0.2) is 0 Å². The molecule has 14 heavy (non-hydrogen) atoms. The summed E-state index contributed by atoms with van der Waals surface area (Å²) in [6.07, 6.45) is 4.19. The summed E-state index contributed by atoms with van der Waals surface area (Å²) in [6.45, 7) is 2.46. The van der Waals surface area contributed by atoms with Crippen LogP contribution in [0.3, 0.4) is 0 Å². The van der Waals surface area contributed by atoms with Crippen molar-refractivity contribution in [2.75, 3.05) is 7.05 Å². The second-order valence-corrected chi connectivity index (χ2v) is 3.47. The number of carbonyl (C=O) groups is 1. The Kier molecular flexibility index (Phi) is 3.24. The van der Waals surface area contributed by atoms with Crippen LogP contribution in [0.4, 0.5) is 0 Å². The van der Waals surface area contributed by atoms with Gasteiger partial charge >= 0.3 is 0 Å². The third-order valence-electron chi connectivity index (χ3n) is 2.50. The molecule has 3 N–H and O–H groups in total. The van der Waals surface area contributed by atoms with Crippen LogP contribution in [0.2, 0.25) is 0 Å². The Labute approximate surface area is 83.3 Å². The lowest BCUT2D eigenvalue weighted by molar-refractivity contribution is -0.124. The fraction of sp³-hybridized carbons (Fsp3) is 0.556. The maximum atomic E-state index is 11.1. The first-order chi connectivity index (χ1) is 6.58. The Morgan fingerprint density at radius 2 is 2.43 bits per heavy atom. The van der Waals surface area contributed by atoms with Crippen LogP contribution in [-0.4, -0.2) is 28.3 Å². The molecule has 1 amide bonds. The van der Waals surface area contributed by atoms with Gasteiger partial charge < -0.3 is 11.1 Å². The van der Waals surface area contributed by atoms with Crippen LogP contribution in [0, 0.1) is 0 Å². The number of hydrogen-bond acceptors (Lipinski definition) is 3. The largest absolute Gasteiger partial charge is 0.368 e. The zero-order valence-corrected chi connectivity index (χ0v) is 8.53. The topological polar surface area (TPSA) is 72.9 Å². The molecule has 1 heterocycles. The lowest BCUT2D eigenvalue weighted by Crippen LogP contribution is -2.52. The van der Waals surface area contributed by atoms with Gasteiger partial charge in [0, 0.05) is 18.9 Å². The number of nitrogens with two attached hydrogens (primary N) is 1. The zero-order valence-electron chi connectivity index (χ0n) is 8.53. The van der Waals surface area contributed by atoms with Crippen molar-refractivity contribution in [3.8, 4) is 0 Å². The smallest absolute Gasteiger partial charge is 0.237 e. The van der Waals surface area contributed by atoms with Gasteiger partial charge in [0.25, 0.3) is 0 Å². The zero-order chi connectivity index (χ0) is 10.6. The highest BCUT2D eigenvalue weighted by atomic mass is 16.1. The number of amides is 1. The molecule has 78 valence electrons. The molecule has 0 saturated carbocycles. The fourth-order valence-corrected chi connectivity index (χ4v) is 1.14. The molecular formula is C9H16N4O. The average Bonchev–Trinajstić information content (AvgIpc) is 2.66. The summed E-state index contributed by atoms with van der Waals surface area (Å²) in [7, 11) is 1.73. The molecule has 0 aliphatic heterocycles. The summed E-state index contributed by atoms with van der Waals surface area (Å²) >= 11 is 0. The van der Waals surface area contributed by atoms with Crippen LogP contribution in [0.1, 0.15) is 13.3 Å². The molecule has 0 aliphatic rings. The number of nitrogens with one attached hydrogen (secondary N) is 1. The van der Waals surface area contributed by atoms with Gasteiger partial charge in [-0.3, -0.25) is 9.48 Å². The molecule has 1 unspecified atom stereocenters. The third-order valence-corrected chi connectivity index (χ3v) is 2.50. The van der Waals surface area contributed by atoms with Gasteiger partial charge in [-0.1, -0.05) is 0 Å². The molecule has 0 aliphatic carbocycles. The van der Waals surface area contributed by atoms with Crippen LogP contribution >= 0.6 is 0 Å². The van der Waals surface area contributed by atoms with Crippen molar-refractivity contribution >= 4 is 5.91 Å². The summed E-state index contributed by atoms with van der Waals surface area (Å²) in [6, 6.07) is 1.85. The van der Waals surface area contributed by atoms with E-state index in [0.29, 0.717) is 13.0 Å². The highest BCUT2D eigenvalue weighted by Crippen LogP contribution is 2.09. The van der Waals surface area contributed by atoms with Gasteiger partial charge in [0.2, 0.25) is 5.91 Å². The second kappa shape index (κ2) is 4.23. The van der Waals surface area contributed by atoms with E-state index >= 15 is 0 Å². The summed E-state index contributed by atoms with van der Waals surface area (Å²) in [4.78, 5) is 11.1. The van der Waals surface area contributed by atoms with E-state index in [4.69, 9.17) is 5.73 Å². The lowest BCUT2D eigenvalue weighted by Gasteiger charge is -2.25. The predicted molar refractivity (Wildman–Crippen MR) is 53.5 cm³/mol. The molecule has 1 atom stereocenters. The number of rotatable bonds is 5. The molecule has 1 rings (SSSR count). The van der Waals surface area contributed by atoms with Gasteiger partial charge in [-0.2, -0.15) is 5.10 Å². The number of hydrogen-bond donors (Lipinski definition) is 2. The number of carbonyl (C=O) groups excluding carboxylic acids is 1. The van der Waals surface area contributed by atoms with E-state index in [1.54, 1.807) is 24.9 Å². The van der Waals surface area contributed by atoms with E-state index in [9.17, 15) is 4.79 Å². The monoisotopic (exact) mass is 196 g/mol. The Balaban J connectivity index is 2.54. The maximum Gasteiger partial charge on any atom is 0.237 e. The summed E-state index contributed by atoms with van der Waals surface area (Å²) in [5.41, 5.74) is 4.63. The average molecular weight is 196 g/mol. The minimum atomic E-state index is -0.661. The van der Waals surface area contributed by atoms with Crippen LogP contribution in [0.25, 0.3) is 0 Å². The molecule has 0 bridgehead atoms. The number of primary amides is 1. The number of nitrogens with zero attached hydrogens (tertiary/aromatic N) is 2. The normalized spacial score (nSPS) is 15.0. The molecule has 0 saturated heterocycles. The minimum Gasteiger partial charge on any atom is -0.368 e. The standard InChI is InChI=1S/C9H16N4O/c1-9(11-2,8(10)14)4-7-13-6-3-5-12-13/h3,5-6,11H,4,7H2,1-2H3,(H2,10,14). The molecule has 0 spiro atoms. The quantitative estimate of drug-likeness (QED) is 0.681. The second-order valence-electron chi connectivity index (χ2n) is 3.47. The van der Waals surface area contributed by atoms with Crippen LogP contribution in [0.15, 0.2) is 18.5 Å². The van der Waals surface area contributed by atoms with Gasteiger partial charge in [0.15, 0.2) is 0 Å². The predicted octanol–water partition coefficient (Wildman–Crippen LogP) is -0.263. The van der Waals surface area contributed by atoms with Crippen molar-refractivity contribution in [3.63, 3.8) is 0 Å². The van der Waals surface area contributed by atoms with Crippen molar-refractivity contribution in [2.45, 2.75) is 25.4 Å². The highest BCUT2D eigenvalue weighted by molar-refractivity contribution is 5.84. The van der Waals surface area contributed by atoms with Crippen molar-refractivity contribution in [2.24, 2.45) is 5.73 Å². The van der Waals surface area contributed by atoms with Crippen molar-refractivity contribution in [1.29, 1.82) is 0 Å². The maximum absolute atomic E-state index is 11.1. The van der Waals surface area contributed by atoms with Crippen molar-refractivity contribution in [3.05, 3.63) is 18.5 Å². The fourth-order valence-electron chi connectivity index (χ4n) is 1.14. The van der Waals surface area contributed by atoms with E-state index in [1.807, 2.05) is 12.3 Å². The van der Waals surface area contributed by atoms with Gasteiger partial charge in [-0.05, 0) is 26.5 Å². The van der Waals surface area contributed by atoms with Gasteiger partial charge in [0.1, 0.15) is 0 Å². The van der Waals surface area contributed by atoms with Gasteiger partial charge in [-0.15, -0.1) is 0 Å². The molecule has 5 nitrogen and oxygen atoms in total. The van der Waals surface area contributed by atoms with E-state index in [2.05, 4.69) is 10.4 Å². The first-order valence-electron chi connectivity index (χ1n) is 4.55. The van der Waals surface area contributed by atoms with E-state index in [1.165, 1.54) is 0 Å². The number of likely N-dealkylation sites (N-methyl/N-ethyl adjacent to an activating group) is 1. The Morgan fingerprint density at radius 3 is 2.86 bits per heavy atom. The molecule has 0 aromatic carbocycles. The minimum absolute atomic E-state index is 0.341. The van der Waals surface area contributed by atoms with Crippen LogP contribution < -0.4 is 11.1 Å². The number of aryl methyl sites for hydroxylation is 1. The van der Waals surface area contributed by atoms with E-state index < -0.39 is 5.54 Å². The molecule has 0 radical (unpaired) electrons. The third kappa shape index (κ3) is 2.32. The highest BCUT2D eigenvalue weighted by Gasteiger charge is 2.28. The van der Waals surface area contributed by atoms with E-state index in [0.717, 1.165) is 0 Å². The summed E-state index contributed by atoms with van der Waals surface area (Å²) in [5.74, 6) is -0.341. The summed E-state index contributed by atoms with van der Waals surface area (Å²) < 4.78 is 1.78. The number of aromatic nitrogens is 2.